The van der Waals surface area contributed by atoms with E-state index in [1.165, 1.54) is 12.0 Å². The molecule has 0 unspecified atom stereocenters. The molecule has 1 rings (SSSR count). The van der Waals surface area contributed by atoms with Crippen molar-refractivity contribution in [2.24, 2.45) is 11.1 Å². The minimum atomic E-state index is -0.639. The van der Waals surface area contributed by atoms with E-state index in [1.54, 1.807) is 7.05 Å². The molecule has 0 aromatic heterocycles. The quantitative estimate of drug-likeness (QED) is 0.547. The number of nitrogens with two attached hydrogens (primary N) is 1. The van der Waals surface area contributed by atoms with Crippen molar-refractivity contribution in [2.45, 2.75) is 19.3 Å². The van der Waals surface area contributed by atoms with Crippen LogP contribution < -0.4 is 5.73 Å². The highest BCUT2D eigenvalue weighted by Gasteiger charge is 2.53. The van der Waals surface area contributed by atoms with E-state index in [0.29, 0.717) is 19.4 Å². The van der Waals surface area contributed by atoms with E-state index in [2.05, 4.69) is 4.74 Å². The molecule has 0 aromatic carbocycles. The molecule has 0 heterocycles. The Morgan fingerprint density at radius 2 is 2.06 bits per heavy atom. The number of thiocarbonyl (C=S) groups is 1. The molecule has 16 heavy (non-hydrogen) atoms. The monoisotopic (exact) mass is 244 g/mol. The fourth-order valence-corrected chi connectivity index (χ4v) is 1.81. The first-order valence-corrected chi connectivity index (χ1v) is 5.47. The normalized spacial score (nSPS) is 16.4. The number of hydrogen-bond donors (Lipinski definition) is 1. The SMILES string of the molecule is COC(=O)CCN(C)C(=O)C1(C(N)=S)CC1. The number of ether oxygens (including phenoxy) is 1. The van der Waals surface area contributed by atoms with Crippen molar-refractivity contribution >= 4 is 29.1 Å². The van der Waals surface area contributed by atoms with E-state index in [-0.39, 0.29) is 23.3 Å². The molecule has 1 aliphatic rings. The number of hydrogen-bond acceptors (Lipinski definition) is 4. The highest BCUT2D eigenvalue weighted by molar-refractivity contribution is 7.80. The summed E-state index contributed by atoms with van der Waals surface area (Å²) in [6.45, 7) is 0.329. The molecule has 90 valence electrons. The summed E-state index contributed by atoms with van der Waals surface area (Å²) < 4.78 is 4.50. The molecular weight excluding hydrogens is 228 g/mol. The zero-order valence-corrected chi connectivity index (χ0v) is 10.3. The summed E-state index contributed by atoms with van der Waals surface area (Å²) in [5, 5.41) is 0. The zero-order chi connectivity index (χ0) is 12.3. The Balaban J connectivity index is 2.49. The number of nitrogens with zero attached hydrogens (tertiary/aromatic N) is 1. The zero-order valence-electron chi connectivity index (χ0n) is 9.49. The summed E-state index contributed by atoms with van der Waals surface area (Å²) in [6, 6.07) is 0. The fraction of sp³-hybridized carbons (Fsp3) is 0.700. The lowest BCUT2D eigenvalue weighted by Gasteiger charge is -2.22. The second kappa shape index (κ2) is 4.78. The molecule has 0 saturated heterocycles. The third-order valence-corrected chi connectivity index (χ3v) is 3.25. The van der Waals surface area contributed by atoms with Crippen LogP contribution in [0.5, 0.6) is 0 Å². The topological polar surface area (TPSA) is 72.6 Å². The molecular formula is C10H16N2O3S. The number of esters is 1. The third kappa shape index (κ3) is 2.49. The van der Waals surface area contributed by atoms with Crippen LogP contribution in [0.3, 0.4) is 0 Å². The van der Waals surface area contributed by atoms with Gasteiger partial charge in [-0.05, 0) is 12.8 Å². The van der Waals surface area contributed by atoms with Gasteiger partial charge in [0.25, 0.3) is 0 Å². The minimum Gasteiger partial charge on any atom is -0.469 e. The third-order valence-electron chi connectivity index (χ3n) is 2.86. The van der Waals surface area contributed by atoms with E-state index >= 15 is 0 Å². The molecule has 0 aliphatic heterocycles. The summed E-state index contributed by atoms with van der Waals surface area (Å²) in [4.78, 5) is 24.6. The summed E-state index contributed by atoms with van der Waals surface area (Å²) in [5.41, 5.74) is 4.91. The van der Waals surface area contributed by atoms with Crippen LogP contribution in [0.4, 0.5) is 0 Å². The van der Waals surface area contributed by atoms with Crippen molar-refractivity contribution in [3.8, 4) is 0 Å². The highest BCUT2D eigenvalue weighted by Crippen LogP contribution is 2.47. The number of carbonyl (C=O) groups is 2. The second-order valence-electron chi connectivity index (χ2n) is 4.00. The Bertz CT molecular complexity index is 326. The maximum atomic E-state index is 12.0. The van der Waals surface area contributed by atoms with Gasteiger partial charge >= 0.3 is 5.97 Å². The lowest BCUT2D eigenvalue weighted by molar-refractivity contribution is -0.141. The highest BCUT2D eigenvalue weighted by atomic mass is 32.1. The Morgan fingerprint density at radius 3 is 2.44 bits per heavy atom. The first-order valence-electron chi connectivity index (χ1n) is 5.06. The van der Waals surface area contributed by atoms with Crippen LogP contribution in [-0.4, -0.2) is 42.5 Å². The van der Waals surface area contributed by atoms with E-state index in [0.717, 1.165) is 0 Å². The predicted octanol–water partition coefficient (Wildman–Crippen LogP) is 0.0742. The number of carbonyl (C=O) groups excluding carboxylic acids is 2. The molecule has 6 heteroatoms. The summed E-state index contributed by atoms with van der Waals surface area (Å²) >= 11 is 4.89. The molecule has 2 N–H and O–H groups in total. The molecule has 1 aliphatic carbocycles. The first kappa shape index (κ1) is 12.9. The molecule has 0 bridgehead atoms. The molecule has 0 aromatic rings. The van der Waals surface area contributed by atoms with Gasteiger partial charge in [0.05, 0.1) is 23.9 Å². The summed E-state index contributed by atoms with van der Waals surface area (Å²) in [6.07, 6.45) is 1.61. The molecule has 1 amide bonds. The van der Waals surface area contributed by atoms with Gasteiger partial charge in [-0.1, -0.05) is 12.2 Å². The van der Waals surface area contributed by atoms with E-state index in [9.17, 15) is 9.59 Å². The van der Waals surface area contributed by atoms with Gasteiger partial charge in [-0.2, -0.15) is 0 Å². The van der Waals surface area contributed by atoms with Crippen molar-refractivity contribution in [1.29, 1.82) is 0 Å². The van der Waals surface area contributed by atoms with Gasteiger partial charge in [0.2, 0.25) is 5.91 Å². The van der Waals surface area contributed by atoms with Crippen molar-refractivity contribution in [2.75, 3.05) is 20.7 Å². The van der Waals surface area contributed by atoms with Crippen molar-refractivity contribution in [1.82, 2.24) is 4.90 Å². The van der Waals surface area contributed by atoms with Gasteiger partial charge < -0.3 is 15.4 Å². The minimum absolute atomic E-state index is 0.0936. The van der Waals surface area contributed by atoms with Crippen LogP contribution in [0.25, 0.3) is 0 Å². The van der Waals surface area contributed by atoms with E-state index in [1.807, 2.05) is 0 Å². The lowest BCUT2D eigenvalue weighted by atomic mass is 10.1. The molecule has 1 saturated carbocycles. The van der Waals surface area contributed by atoms with E-state index < -0.39 is 5.41 Å². The van der Waals surface area contributed by atoms with Crippen LogP contribution in [0.1, 0.15) is 19.3 Å². The fourth-order valence-electron chi connectivity index (χ4n) is 1.52. The first-order chi connectivity index (χ1) is 7.44. The average molecular weight is 244 g/mol. The van der Waals surface area contributed by atoms with Gasteiger partial charge in [0, 0.05) is 13.6 Å². The van der Waals surface area contributed by atoms with Crippen LogP contribution in [0.15, 0.2) is 0 Å². The molecule has 5 nitrogen and oxygen atoms in total. The molecule has 0 spiro atoms. The van der Waals surface area contributed by atoms with Gasteiger partial charge in [0.15, 0.2) is 0 Å². The Kier molecular flexibility index (Phi) is 3.85. The Hall–Kier alpha value is -1.17. The second-order valence-corrected chi connectivity index (χ2v) is 4.44. The largest absolute Gasteiger partial charge is 0.469 e. The molecule has 1 fully saturated rings. The Labute approximate surface area is 99.9 Å². The number of methoxy groups -OCH3 is 1. The van der Waals surface area contributed by atoms with Crippen LogP contribution in [0, 0.1) is 5.41 Å². The lowest BCUT2D eigenvalue weighted by Crippen LogP contribution is -2.41. The van der Waals surface area contributed by atoms with Crippen molar-refractivity contribution in [3.05, 3.63) is 0 Å². The van der Waals surface area contributed by atoms with Crippen molar-refractivity contribution < 1.29 is 14.3 Å². The van der Waals surface area contributed by atoms with Crippen LogP contribution >= 0.6 is 12.2 Å². The van der Waals surface area contributed by atoms with E-state index in [4.69, 9.17) is 18.0 Å². The van der Waals surface area contributed by atoms with Crippen molar-refractivity contribution in [3.63, 3.8) is 0 Å². The van der Waals surface area contributed by atoms with Gasteiger partial charge in [-0.15, -0.1) is 0 Å². The number of amides is 1. The summed E-state index contributed by atoms with van der Waals surface area (Å²) in [7, 11) is 2.96. The van der Waals surface area contributed by atoms with Crippen LogP contribution in [-0.2, 0) is 14.3 Å². The maximum Gasteiger partial charge on any atom is 0.307 e. The van der Waals surface area contributed by atoms with Crippen LogP contribution in [0.2, 0.25) is 0 Å². The van der Waals surface area contributed by atoms with Gasteiger partial charge in [0.1, 0.15) is 0 Å². The number of rotatable bonds is 5. The standard InChI is InChI=1S/C10H16N2O3S/c1-12(6-3-7(13)15-2)9(14)10(4-5-10)8(11)16/h3-6H2,1-2H3,(H2,11,16). The smallest absolute Gasteiger partial charge is 0.307 e. The maximum absolute atomic E-state index is 12.0. The summed E-state index contributed by atoms with van der Waals surface area (Å²) in [5.74, 6) is -0.427. The van der Waals surface area contributed by atoms with Gasteiger partial charge in [-0.3, -0.25) is 9.59 Å². The van der Waals surface area contributed by atoms with Gasteiger partial charge in [-0.25, -0.2) is 0 Å². The molecule has 0 radical (unpaired) electrons. The predicted molar refractivity (Wildman–Crippen MR) is 62.7 cm³/mol. The Morgan fingerprint density at radius 1 is 1.50 bits per heavy atom. The average Bonchev–Trinajstić information content (AvgIpc) is 3.05. The molecule has 0 atom stereocenters.